The van der Waals surface area contributed by atoms with Gasteiger partial charge in [-0.1, -0.05) is 12.1 Å². The number of para-hydroxylation sites is 1. The van der Waals surface area contributed by atoms with E-state index in [4.69, 9.17) is 4.42 Å². The van der Waals surface area contributed by atoms with Gasteiger partial charge in [0.2, 0.25) is 0 Å². The van der Waals surface area contributed by atoms with Crippen LogP contribution in [0.15, 0.2) is 67.3 Å². The minimum absolute atomic E-state index is 0.0202. The average molecular weight is 433 g/mol. The van der Waals surface area contributed by atoms with E-state index < -0.39 is 22.7 Å². The van der Waals surface area contributed by atoms with Gasteiger partial charge in [0.05, 0.1) is 16.5 Å². The Labute approximate surface area is 178 Å². The fourth-order valence-corrected chi connectivity index (χ4v) is 3.96. The maximum Gasteiger partial charge on any atom is 0.348 e. The highest BCUT2D eigenvalue weighted by Crippen LogP contribution is 2.41. The number of halogens is 1. The maximum atomic E-state index is 13.6. The zero-order valence-electron chi connectivity index (χ0n) is 17.0. The number of aromatic hydroxyl groups is 1. The Hall–Kier alpha value is -4.40. The normalized spacial score (nSPS) is 11.5. The van der Waals surface area contributed by atoms with Gasteiger partial charge in [0.15, 0.2) is 0 Å². The molecule has 5 rings (SSSR count). The second-order valence-electron chi connectivity index (χ2n) is 7.42. The van der Waals surface area contributed by atoms with Crippen LogP contribution in [0.3, 0.4) is 0 Å². The molecule has 3 heterocycles. The van der Waals surface area contributed by atoms with E-state index in [1.807, 2.05) is 0 Å². The minimum atomic E-state index is -0.860. The molecule has 2 aromatic carbocycles. The summed E-state index contributed by atoms with van der Waals surface area (Å²) in [5.41, 5.74) is -1.21. The van der Waals surface area contributed by atoms with Crippen LogP contribution < -0.4 is 16.9 Å². The fourth-order valence-electron chi connectivity index (χ4n) is 3.96. The van der Waals surface area contributed by atoms with Crippen molar-refractivity contribution in [1.29, 1.82) is 0 Å². The van der Waals surface area contributed by atoms with E-state index in [0.717, 1.165) is 4.57 Å². The van der Waals surface area contributed by atoms with Crippen LogP contribution in [0.4, 0.5) is 4.39 Å². The van der Waals surface area contributed by atoms with Crippen LogP contribution in [0.1, 0.15) is 0 Å². The van der Waals surface area contributed by atoms with Crippen molar-refractivity contribution in [3.63, 3.8) is 0 Å². The number of aromatic amines is 1. The molecular formula is C23H16FN3O5. The van der Waals surface area contributed by atoms with E-state index >= 15 is 0 Å². The highest BCUT2D eigenvalue weighted by Gasteiger charge is 2.27. The molecule has 0 atom stereocenters. The summed E-state index contributed by atoms with van der Waals surface area (Å²) < 4.78 is 21.1. The number of aromatic nitrogens is 3. The fraction of sp³-hybridized carbons (Fsp3) is 0.0870. The summed E-state index contributed by atoms with van der Waals surface area (Å²) in [6.07, 6.45) is 0. The molecule has 0 aliphatic carbocycles. The Morgan fingerprint density at radius 1 is 0.938 bits per heavy atom. The van der Waals surface area contributed by atoms with E-state index in [1.54, 1.807) is 24.3 Å². The zero-order chi connectivity index (χ0) is 22.7. The summed E-state index contributed by atoms with van der Waals surface area (Å²) in [6.45, 7) is 0. The molecule has 0 radical (unpaired) electrons. The summed E-state index contributed by atoms with van der Waals surface area (Å²) in [6, 6.07) is 11.8. The summed E-state index contributed by atoms with van der Waals surface area (Å²) in [5.74, 6) is -0.834. The maximum absolute atomic E-state index is 13.6. The topological polar surface area (TPSA) is 110 Å². The lowest BCUT2D eigenvalue weighted by molar-refractivity contribution is 0.471. The summed E-state index contributed by atoms with van der Waals surface area (Å²) in [4.78, 5) is 41.6. The Morgan fingerprint density at radius 3 is 2.34 bits per heavy atom. The van der Waals surface area contributed by atoms with Crippen molar-refractivity contribution in [3.8, 4) is 28.1 Å². The van der Waals surface area contributed by atoms with Gasteiger partial charge in [-0.3, -0.25) is 13.9 Å². The van der Waals surface area contributed by atoms with E-state index in [-0.39, 0.29) is 44.6 Å². The quantitative estimate of drug-likeness (QED) is 0.416. The smallest absolute Gasteiger partial charge is 0.348 e. The van der Waals surface area contributed by atoms with E-state index in [9.17, 15) is 23.9 Å². The predicted octanol–water partition coefficient (Wildman–Crippen LogP) is 2.85. The van der Waals surface area contributed by atoms with Gasteiger partial charge < -0.3 is 14.5 Å². The van der Waals surface area contributed by atoms with Gasteiger partial charge in [-0.25, -0.2) is 14.0 Å². The molecule has 0 amide bonds. The van der Waals surface area contributed by atoms with E-state index in [2.05, 4.69) is 4.98 Å². The van der Waals surface area contributed by atoms with Crippen molar-refractivity contribution in [2.75, 3.05) is 0 Å². The largest absolute Gasteiger partial charge is 0.506 e. The first-order valence-corrected chi connectivity index (χ1v) is 9.62. The van der Waals surface area contributed by atoms with Crippen LogP contribution in [-0.4, -0.2) is 19.2 Å². The average Bonchev–Trinajstić information content (AvgIpc) is 3.17. The third-order valence-electron chi connectivity index (χ3n) is 5.58. The molecule has 0 spiro atoms. The molecule has 0 saturated heterocycles. The summed E-state index contributed by atoms with van der Waals surface area (Å²) >= 11 is 0. The molecular weight excluding hydrogens is 417 g/mol. The van der Waals surface area contributed by atoms with E-state index in [1.165, 1.54) is 42.9 Å². The van der Waals surface area contributed by atoms with Crippen molar-refractivity contribution >= 4 is 22.0 Å². The van der Waals surface area contributed by atoms with Gasteiger partial charge in [0.1, 0.15) is 28.4 Å². The first kappa shape index (κ1) is 19.6. The van der Waals surface area contributed by atoms with Crippen molar-refractivity contribution in [2.24, 2.45) is 14.1 Å². The Morgan fingerprint density at radius 2 is 1.62 bits per heavy atom. The monoisotopic (exact) mass is 433 g/mol. The number of aryl methyl sites for hydroxylation is 1. The first-order chi connectivity index (χ1) is 15.3. The van der Waals surface area contributed by atoms with Crippen LogP contribution in [0.5, 0.6) is 5.75 Å². The Balaban J connectivity index is 2.04. The standard InChI is InChI=1S/C23H16FN3O5/c1-26-20-17(21(29)27(2)23(26)31)15(18(25-20)11-7-9-12(24)10-8-11)16-19(28)13-5-3-4-6-14(13)32-22(16)30/h3-10,25,28H,1-2H3. The highest BCUT2D eigenvalue weighted by molar-refractivity contribution is 6.05. The van der Waals surface area contributed by atoms with Crippen LogP contribution in [-0.2, 0) is 14.1 Å². The third-order valence-corrected chi connectivity index (χ3v) is 5.58. The van der Waals surface area contributed by atoms with Crippen LogP contribution in [0, 0.1) is 5.82 Å². The van der Waals surface area contributed by atoms with Gasteiger partial charge in [-0.05, 0) is 42.0 Å². The second-order valence-corrected chi connectivity index (χ2v) is 7.42. The molecule has 3 aromatic heterocycles. The number of fused-ring (bicyclic) bond motifs is 2. The number of hydrogen-bond acceptors (Lipinski definition) is 5. The molecule has 2 N–H and O–H groups in total. The predicted molar refractivity (Wildman–Crippen MR) is 117 cm³/mol. The molecule has 0 aliphatic heterocycles. The molecule has 0 bridgehead atoms. The van der Waals surface area contributed by atoms with Gasteiger partial charge in [-0.2, -0.15) is 0 Å². The molecule has 160 valence electrons. The van der Waals surface area contributed by atoms with Crippen molar-refractivity contribution < 1.29 is 13.9 Å². The molecule has 0 unspecified atom stereocenters. The molecule has 9 heteroatoms. The molecule has 0 aliphatic rings. The molecule has 0 saturated carbocycles. The molecule has 5 aromatic rings. The number of nitrogens with one attached hydrogen (secondary N) is 1. The molecule has 0 fully saturated rings. The number of rotatable bonds is 2. The SMILES string of the molecule is Cn1c(=O)c2c(-c3c(O)c4ccccc4oc3=O)c(-c3ccc(F)cc3)[nH]c2n(C)c1=O. The Bertz CT molecular complexity index is 1720. The Kier molecular flexibility index (Phi) is 4.16. The lowest BCUT2D eigenvalue weighted by Crippen LogP contribution is -2.36. The number of H-pyrrole nitrogens is 1. The van der Waals surface area contributed by atoms with Crippen molar-refractivity contribution in [1.82, 2.24) is 14.1 Å². The first-order valence-electron chi connectivity index (χ1n) is 9.62. The van der Waals surface area contributed by atoms with Crippen LogP contribution in [0.25, 0.3) is 44.4 Å². The lowest BCUT2D eigenvalue weighted by atomic mass is 9.98. The summed E-state index contributed by atoms with van der Waals surface area (Å²) in [7, 11) is 2.79. The van der Waals surface area contributed by atoms with Crippen molar-refractivity contribution in [3.05, 3.63) is 85.6 Å². The molecule has 8 nitrogen and oxygen atoms in total. The van der Waals surface area contributed by atoms with Crippen LogP contribution >= 0.6 is 0 Å². The van der Waals surface area contributed by atoms with Gasteiger partial charge in [-0.15, -0.1) is 0 Å². The number of hydrogen-bond donors (Lipinski definition) is 2. The number of nitrogens with zero attached hydrogens (tertiary/aromatic N) is 2. The zero-order valence-corrected chi connectivity index (χ0v) is 17.0. The van der Waals surface area contributed by atoms with Gasteiger partial charge >= 0.3 is 11.3 Å². The highest BCUT2D eigenvalue weighted by atomic mass is 19.1. The van der Waals surface area contributed by atoms with Crippen LogP contribution in [0.2, 0.25) is 0 Å². The van der Waals surface area contributed by atoms with Gasteiger partial charge in [0.25, 0.3) is 5.56 Å². The lowest BCUT2D eigenvalue weighted by Gasteiger charge is -2.09. The van der Waals surface area contributed by atoms with Crippen molar-refractivity contribution in [2.45, 2.75) is 0 Å². The summed E-state index contributed by atoms with van der Waals surface area (Å²) in [5, 5.41) is 11.4. The van der Waals surface area contributed by atoms with Gasteiger partial charge in [0, 0.05) is 19.7 Å². The number of benzene rings is 2. The molecule has 32 heavy (non-hydrogen) atoms. The minimum Gasteiger partial charge on any atom is -0.506 e. The van der Waals surface area contributed by atoms with E-state index in [0.29, 0.717) is 5.56 Å². The third kappa shape index (κ3) is 2.64. The second kappa shape index (κ2) is 6.81.